The van der Waals surface area contributed by atoms with Gasteiger partial charge in [0.2, 0.25) is 0 Å². The molecule has 1 fully saturated rings. The molecule has 0 saturated carbocycles. The molecule has 1 heterocycles. The number of hydrogen-bond donors (Lipinski definition) is 1. The zero-order valence-electron chi connectivity index (χ0n) is 16.0. The van der Waals surface area contributed by atoms with Crippen LogP contribution in [0.25, 0.3) is 0 Å². The predicted molar refractivity (Wildman–Crippen MR) is 110 cm³/mol. The lowest BCUT2D eigenvalue weighted by atomic mass is 9.79. The first kappa shape index (κ1) is 24.8. The van der Waals surface area contributed by atoms with Crippen molar-refractivity contribution >= 4 is 46.4 Å². The third kappa shape index (κ3) is 5.05. The number of rotatable bonds is 4. The number of halogens is 9. The molecule has 1 aliphatic rings. The van der Waals surface area contributed by atoms with Gasteiger partial charge in [-0.3, -0.25) is 4.79 Å². The average Bonchev–Trinajstić information content (AvgIpc) is 3.12. The molecule has 0 spiro atoms. The highest BCUT2D eigenvalue weighted by molar-refractivity contribution is 6.34. The second-order valence-corrected chi connectivity index (χ2v) is 8.65. The molecule has 32 heavy (non-hydrogen) atoms. The van der Waals surface area contributed by atoms with Crippen molar-refractivity contribution < 1.29 is 31.1 Å². The van der Waals surface area contributed by atoms with Crippen molar-refractivity contribution in [1.82, 2.24) is 5.32 Å². The second-order valence-electron chi connectivity index (χ2n) is 7.37. The molecule has 0 radical (unpaired) electrons. The van der Waals surface area contributed by atoms with E-state index in [0.717, 1.165) is 0 Å². The van der Waals surface area contributed by atoms with Gasteiger partial charge in [-0.1, -0.05) is 40.9 Å². The van der Waals surface area contributed by atoms with Gasteiger partial charge in [-0.25, -0.2) is 0 Å². The van der Waals surface area contributed by atoms with E-state index in [1.165, 1.54) is 41.3 Å². The van der Waals surface area contributed by atoms with E-state index in [2.05, 4.69) is 0 Å². The van der Waals surface area contributed by atoms with E-state index in [-0.39, 0.29) is 39.2 Å². The number of nitrogens with one attached hydrogen (secondary N) is 1. The molecule has 0 aliphatic carbocycles. The van der Waals surface area contributed by atoms with Crippen LogP contribution in [-0.4, -0.2) is 31.3 Å². The van der Waals surface area contributed by atoms with E-state index in [4.69, 9.17) is 34.8 Å². The SMILES string of the molecule is O=C(NCc1ccc(N2CCC(c3cc(Cl)cc(Cl)c3)(C(F)(F)F)C2)cc1Cl)C(F)(F)F. The lowest BCUT2D eigenvalue weighted by Crippen LogP contribution is -2.44. The smallest absolute Gasteiger partial charge is 0.370 e. The number of carbonyl (C=O) groups excluding carboxylic acids is 1. The topological polar surface area (TPSA) is 32.3 Å². The molecular weight excluding hydrogens is 505 g/mol. The molecule has 3 nitrogen and oxygen atoms in total. The molecule has 1 aliphatic heterocycles. The normalized spacial score (nSPS) is 19.3. The fourth-order valence-electron chi connectivity index (χ4n) is 3.64. The summed E-state index contributed by atoms with van der Waals surface area (Å²) in [7, 11) is 0. The summed E-state index contributed by atoms with van der Waals surface area (Å²) in [5, 5.41) is 1.88. The molecule has 0 bridgehead atoms. The Morgan fingerprint density at radius 1 is 1.00 bits per heavy atom. The molecular formula is C20H15Cl3F6N2O. The van der Waals surface area contributed by atoms with Gasteiger partial charge in [0.25, 0.3) is 0 Å². The zero-order chi connectivity index (χ0) is 23.9. The Labute approximate surface area is 194 Å². The Balaban J connectivity index is 1.84. The zero-order valence-corrected chi connectivity index (χ0v) is 18.3. The van der Waals surface area contributed by atoms with Gasteiger partial charge in [0, 0.05) is 40.4 Å². The summed E-state index contributed by atoms with van der Waals surface area (Å²) in [5.41, 5.74) is -1.72. The fraction of sp³-hybridized carbons (Fsp3) is 0.350. The molecule has 1 unspecified atom stereocenters. The Hall–Kier alpha value is -1.84. The average molecular weight is 520 g/mol. The number of anilines is 1. The van der Waals surface area contributed by atoms with Crippen LogP contribution in [0, 0.1) is 0 Å². The van der Waals surface area contributed by atoms with Gasteiger partial charge in [0.1, 0.15) is 5.41 Å². The third-order valence-electron chi connectivity index (χ3n) is 5.33. The van der Waals surface area contributed by atoms with Crippen LogP contribution in [0.1, 0.15) is 17.5 Å². The molecule has 1 atom stereocenters. The lowest BCUT2D eigenvalue weighted by molar-refractivity contribution is -0.184. The van der Waals surface area contributed by atoms with Gasteiger partial charge in [-0.15, -0.1) is 0 Å². The van der Waals surface area contributed by atoms with E-state index >= 15 is 0 Å². The predicted octanol–water partition coefficient (Wildman–Crippen LogP) is 6.54. The lowest BCUT2D eigenvalue weighted by Gasteiger charge is -2.33. The Kier molecular flexibility index (Phi) is 6.85. The van der Waals surface area contributed by atoms with E-state index in [1.54, 1.807) is 5.32 Å². The minimum absolute atomic E-state index is 0.0142. The van der Waals surface area contributed by atoms with Crippen molar-refractivity contribution in [3.8, 4) is 0 Å². The maximum Gasteiger partial charge on any atom is 0.471 e. The molecule has 0 aromatic heterocycles. The highest BCUT2D eigenvalue weighted by atomic mass is 35.5. The number of amides is 1. The maximum absolute atomic E-state index is 14.2. The summed E-state index contributed by atoms with van der Waals surface area (Å²) in [6.07, 6.45) is -9.89. The summed E-state index contributed by atoms with van der Waals surface area (Å²) in [6.45, 7) is -0.858. The van der Waals surface area contributed by atoms with E-state index in [1.807, 2.05) is 0 Å². The van der Waals surface area contributed by atoms with Gasteiger partial charge < -0.3 is 10.2 Å². The minimum Gasteiger partial charge on any atom is -0.370 e. The van der Waals surface area contributed by atoms with Gasteiger partial charge in [0.15, 0.2) is 0 Å². The first-order valence-electron chi connectivity index (χ1n) is 9.15. The molecule has 2 aromatic rings. The Bertz CT molecular complexity index is 1010. The van der Waals surface area contributed by atoms with Crippen molar-refractivity contribution in [2.75, 3.05) is 18.0 Å². The van der Waals surface area contributed by atoms with Crippen molar-refractivity contribution in [2.24, 2.45) is 0 Å². The maximum atomic E-state index is 14.2. The molecule has 1 N–H and O–H groups in total. The van der Waals surface area contributed by atoms with Crippen LogP contribution in [-0.2, 0) is 16.8 Å². The van der Waals surface area contributed by atoms with Crippen molar-refractivity contribution in [2.45, 2.75) is 30.7 Å². The number of carbonyl (C=O) groups is 1. The van der Waals surface area contributed by atoms with Gasteiger partial charge in [-0.2, -0.15) is 26.3 Å². The Morgan fingerprint density at radius 2 is 1.62 bits per heavy atom. The summed E-state index contributed by atoms with van der Waals surface area (Å²) in [4.78, 5) is 12.4. The van der Waals surface area contributed by atoms with E-state index < -0.39 is 36.8 Å². The molecule has 3 rings (SSSR count). The van der Waals surface area contributed by atoms with Crippen LogP contribution in [0.5, 0.6) is 0 Å². The van der Waals surface area contributed by atoms with Crippen LogP contribution in [0.2, 0.25) is 15.1 Å². The summed E-state index contributed by atoms with van der Waals surface area (Å²) >= 11 is 18.0. The largest absolute Gasteiger partial charge is 0.471 e. The van der Waals surface area contributed by atoms with Crippen molar-refractivity contribution in [3.63, 3.8) is 0 Å². The number of nitrogens with zero attached hydrogens (tertiary/aromatic N) is 1. The van der Waals surface area contributed by atoms with Crippen LogP contribution >= 0.6 is 34.8 Å². The second kappa shape index (κ2) is 8.83. The molecule has 1 amide bonds. The van der Waals surface area contributed by atoms with Gasteiger partial charge >= 0.3 is 18.3 Å². The number of benzene rings is 2. The third-order valence-corrected chi connectivity index (χ3v) is 6.11. The monoisotopic (exact) mass is 518 g/mol. The summed E-state index contributed by atoms with van der Waals surface area (Å²) in [5.74, 6) is -2.12. The number of hydrogen-bond acceptors (Lipinski definition) is 2. The summed E-state index contributed by atoms with van der Waals surface area (Å²) < 4.78 is 79.6. The Morgan fingerprint density at radius 3 is 2.16 bits per heavy atom. The minimum atomic E-state index is -5.04. The molecule has 1 saturated heterocycles. The highest BCUT2D eigenvalue weighted by Crippen LogP contribution is 2.49. The quantitative estimate of drug-likeness (QED) is 0.466. The van der Waals surface area contributed by atoms with E-state index in [9.17, 15) is 31.1 Å². The van der Waals surface area contributed by atoms with E-state index in [0.29, 0.717) is 5.69 Å². The summed E-state index contributed by atoms with van der Waals surface area (Å²) in [6, 6.07) is 7.98. The van der Waals surface area contributed by atoms with Gasteiger partial charge in [0.05, 0.1) is 0 Å². The van der Waals surface area contributed by atoms with Crippen LogP contribution in [0.4, 0.5) is 32.0 Å². The van der Waals surface area contributed by atoms with Gasteiger partial charge in [-0.05, 0) is 47.9 Å². The highest BCUT2D eigenvalue weighted by Gasteiger charge is 2.59. The van der Waals surface area contributed by atoms with Crippen LogP contribution in [0.3, 0.4) is 0 Å². The van der Waals surface area contributed by atoms with Crippen LogP contribution in [0.15, 0.2) is 36.4 Å². The van der Waals surface area contributed by atoms with Crippen molar-refractivity contribution in [1.29, 1.82) is 0 Å². The molecule has 2 aromatic carbocycles. The van der Waals surface area contributed by atoms with Crippen LogP contribution < -0.4 is 10.2 Å². The fourth-order valence-corrected chi connectivity index (χ4v) is 4.41. The number of alkyl halides is 6. The van der Waals surface area contributed by atoms with Crippen molar-refractivity contribution in [3.05, 3.63) is 62.6 Å². The first-order valence-corrected chi connectivity index (χ1v) is 10.3. The first-order chi connectivity index (χ1) is 14.7. The standard InChI is InChI=1S/C20H15Cl3F6N2O/c21-13-5-12(6-14(22)7-13)18(20(27,28)29)3-4-31(10-18)15-2-1-11(16(23)8-15)9-30-17(32)19(24,25)26/h1-2,5-8H,3-4,9-10H2,(H,30,32). The molecule has 174 valence electrons. The molecule has 12 heteroatoms.